The summed E-state index contributed by atoms with van der Waals surface area (Å²) < 4.78 is 39.5. The summed E-state index contributed by atoms with van der Waals surface area (Å²) in [7, 11) is 0. The molecule has 0 saturated carbocycles. The highest BCUT2D eigenvalue weighted by Crippen LogP contribution is 2.37. The van der Waals surface area contributed by atoms with Crippen molar-refractivity contribution < 1.29 is 13.2 Å². The van der Waals surface area contributed by atoms with E-state index in [1.54, 1.807) is 6.20 Å². The van der Waals surface area contributed by atoms with E-state index in [1.165, 1.54) is 6.92 Å². The first-order valence-corrected chi connectivity index (χ1v) is 9.05. The van der Waals surface area contributed by atoms with Crippen molar-refractivity contribution in [2.45, 2.75) is 38.9 Å². The average Bonchev–Trinajstić information content (AvgIpc) is 3.03. The molecule has 27 heavy (non-hydrogen) atoms. The number of piperidine rings is 1. The van der Waals surface area contributed by atoms with Gasteiger partial charge in [0.05, 0.1) is 6.04 Å². The Morgan fingerprint density at radius 3 is 2.59 bits per heavy atom. The Balaban J connectivity index is 1.61. The topological polar surface area (TPSA) is 58.0 Å². The molecular formula is C18H21F3N6. The molecule has 4 heterocycles. The summed E-state index contributed by atoms with van der Waals surface area (Å²) in [6.07, 6.45) is -0.818. The van der Waals surface area contributed by atoms with Gasteiger partial charge in [0, 0.05) is 37.6 Å². The Bertz CT molecular complexity index is 840. The molecule has 2 fully saturated rings. The maximum atomic E-state index is 13.2. The van der Waals surface area contributed by atoms with E-state index >= 15 is 0 Å². The van der Waals surface area contributed by atoms with Gasteiger partial charge in [-0.3, -0.25) is 0 Å². The number of fused-ring (bicyclic) bond motifs is 1. The Labute approximate surface area is 155 Å². The predicted molar refractivity (Wildman–Crippen MR) is 94.6 cm³/mol. The van der Waals surface area contributed by atoms with Gasteiger partial charge in [-0.25, -0.2) is 19.9 Å². The standard InChI is InChI=1S/C18H21F3N6/c1-11-3-6-22-17(23-11)26-7-4-13-5-8-27(14(13)10-26)16-9-15(18(19,20)21)24-12(2)25-16/h3,6,9,13-14H,4-5,7-8,10H2,1-2H3. The molecule has 2 aliphatic heterocycles. The van der Waals surface area contributed by atoms with Crippen molar-refractivity contribution in [3.63, 3.8) is 0 Å². The fraction of sp³-hybridized carbons (Fsp3) is 0.556. The first-order chi connectivity index (χ1) is 12.8. The SMILES string of the molecule is Cc1ccnc(N2CCC3CCN(c4cc(C(F)(F)F)nc(C)n4)C3C2)n1. The Kier molecular flexibility index (Phi) is 4.39. The van der Waals surface area contributed by atoms with Crippen LogP contribution < -0.4 is 9.80 Å². The van der Waals surface area contributed by atoms with E-state index in [0.29, 0.717) is 30.8 Å². The Morgan fingerprint density at radius 2 is 1.85 bits per heavy atom. The summed E-state index contributed by atoms with van der Waals surface area (Å²) >= 11 is 0. The maximum absolute atomic E-state index is 13.2. The number of alkyl halides is 3. The Hall–Kier alpha value is -2.45. The third-order valence-electron chi connectivity index (χ3n) is 5.34. The molecule has 0 radical (unpaired) electrons. The van der Waals surface area contributed by atoms with Gasteiger partial charge in [-0.15, -0.1) is 0 Å². The number of aryl methyl sites for hydroxylation is 2. The van der Waals surface area contributed by atoms with Gasteiger partial charge in [-0.05, 0) is 38.7 Å². The minimum absolute atomic E-state index is 0.0956. The van der Waals surface area contributed by atoms with Crippen LogP contribution in [0.25, 0.3) is 0 Å². The normalized spacial score (nSPS) is 22.9. The molecule has 9 heteroatoms. The Morgan fingerprint density at radius 1 is 1.07 bits per heavy atom. The van der Waals surface area contributed by atoms with Gasteiger partial charge in [0.2, 0.25) is 5.95 Å². The molecule has 2 atom stereocenters. The van der Waals surface area contributed by atoms with Gasteiger partial charge in [0.25, 0.3) is 0 Å². The minimum atomic E-state index is -4.48. The summed E-state index contributed by atoms with van der Waals surface area (Å²) in [6, 6.07) is 3.01. The number of hydrogen-bond donors (Lipinski definition) is 0. The summed E-state index contributed by atoms with van der Waals surface area (Å²) in [6.45, 7) is 5.65. The van der Waals surface area contributed by atoms with Crippen LogP contribution in [0.15, 0.2) is 18.3 Å². The molecule has 0 bridgehead atoms. The molecule has 0 spiro atoms. The number of nitrogens with zero attached hydrogens (tertiary/aromatic N) is 6. The lowest BCUT2D eigenvalue weighted by Gasteiger charge is -2.39. The molecule has 2 aromatic heterocycles. The fourth-order valence-electron chi connectivity index (χ4n) is 4.04. The zero-order valence-corrected chi connectivity index (χ0v) is 15.2. The molecule has 144 valence electrons. The van der Waals surface area contributed by atoms with Crippen LogP contribution in [-0.2, 0) is 6.18 Å². The van der Waals surface area contributed by atoms with Crippen molar-refractivity contribution >= 4 is 11.8 Å². The molecule has 0 aromatic carbocycles. The summed E-state index contributed by atoms with van der Waals surface area (Å²) in [5, 5.41) is 0. The molecule has 2 aromatic rings. The van der Waals surface area contributed by atoms with E-state index in [0.717, 1.165) is 31.1 Å². The van der Waals surface area contributed by atoms with E-state index in [4.69, 9.17) is 0 Å². The first-order valence-electron chi connectivity index (χ1n) is 9.05. The maximum Gasteiger partial charge on any atom is 0.433 e. The van der Waals surface area contributed by atoms with E-state index in [-0.39, 0.29) is 11.9 Å². The second-order valence-corrected chi connectivity index (χ2v) is 7.20. The van der Waals surface area contributed by atoms with Crippen molar-refractivity contribution in [1.29, 1.82) is 0 Å². The molecule has 0 amide bonds. The van der Waals surface area contributed by atoms with Crippen LogP contribution in [0, 0.1) is 19.8 Å². The van der Waals surface area contributed by atoms with Crippen molar-refractivity contribution in [2.75, 3.05) is 29.4 Å². The lowest BCUT2D eigenvalue weighted by molar-refractivity contribution is -0.141. The highest BCUT2D eigenvalue weighted by molar-refractivity contribution is 5.45. The number of rotatable bonds is 2. The van der Waals surface area contributed by atoms with Gasteiger partial charge in [-0.1, -0.05) is 0 Å². The molecule has 2 aliphatic rings. The number of hydrogen-bond acceptors (Lipinski definition) is 6. The zero-order chi connectivity index (χ0) is 19.2. The molecule has 6 nitrogen and oxygen atoms in total. The first kappa shape index (κ1) is 17.9. The lowest BCUT2D eigenvalue weighted by atomic mass is 9.92. The van der Waals surface area contributed by atoms with Crippen LogP contribution >= 0.6 is 0 Å². The fourth-order valence-corrected chi connectivity index (χ4v) is 4.04. The average molecular weight is 378 g/mol. The summed E-state index contributed by atoms with van der Waals surface area (Å²) in [5.74, 6) is 1.61. The third-order valence-corrected chi connectivity index (χ3v) is 5.34. The van der Waals surface area contributed by atoms with Crippen molar-refractivity contribution in [2.24, 2.45) is 5.92 Å². The zero-order valence-electron chi connectivity index (χ0n) is 15.2. The second-order valence-electron chi connectivity index (χ2n) is 7.20. The van der Waals surface area contributed by atoms with E-state index in [1.807, 2.05) is 17.9 Å². The van der Waals surface area contributed by atoms with Crippen LogP contribution in [0.1, 0.15) is 30.1 Å². The van der Waals surface area contributed by atoms with Gasteiger partial charge in [-0.2, -0.15) is 13.2 Å². The quantitative estimate of drug-likeness (QED) is 0.801. The van der Waals surface area contributed by atoms with Crippen molar-refractivity contribution in [3.05, 3.63) is 35.5 Å². The van der Waals surface area contributed by atoms with E-state index in [9.17, 15) is 13.2 Å². The smallest absolute Gasteiger partial charge is 0.351 e. The van der Waals surface area contributed by atoms with E-state index < -0.39 is 11.9 Å². The minimum Gasteiger partial charge on any atom is -0.351 e. The summed E-state index contributed by atoms with van der Waals surface area (Å²) in [4.78, 5) is 20.8. The van der Waals surface area contributed by atoms with Gasteiger partial charge in [0.1, 0.15) is 17.3 Å². The molecule has 0 N–H and O–H groups in total. The molecule has 0 aliphatic carbocycles. The molecule has 2 unspecified atom stereocenters. The van der Waals surface area contributed by atoms with Crippen LogP contribution in [0.3, 0.4) is 0 Å². The number of aromatic nitrogens is 4. The van der Waals surface area contributed by atoms with Gasteiger partial charge in [0.15, 0.2) is 0 Å². The third kappa shape index (κ3) is 3.54. The molecule has 4 rings (SSSR count). The molecule has 2 saturated heterocycles. The highest BCUT2D eigenvalue weighted by Gasteiger charge is 2.41. The van der Waals surface area contributed by atoms with Crippen LogP contribution in [0.4, 0.5) is 24.9 Å². The summed E-state index contributed by atoms with van der Waals surface area (Å²) in [5.41, 5.74) is 0.00905. The van der Waals surface area contributed by atoms with Crippen molar-refractivity contribution in [1.82, 2.24) is 19.9 Å². The van der Waals surface area contributed by atoms with Crippen LogP contribution in [0.2, 0.25) is 0 Å². The van der Waals surface area contributed by atoms with Crippen LogP contribution in [0.5, 0.6) is 0 Å². The number of anilines is 2. The highest BCUT2D eigenvalue weighted by atomic mass is 19.4. The van der Waals surface area contributed by atoms with Crippen LogP contribution in [-0.4, -0.2) is 45.6 Å². The predicted octanol–water partition coefficient (Wildman–Crippen LogP) is 3.01. The van der Waals surface area contributed by atoms with Gasteiger partial charge >= 0.3 is 6.18 Å². The largest absolute Gasteiger partial charge is 0.433 e. The van der Waals surface area contributed by atoms with E-state index in [2.05, 4.69) is 24.8 Å². The lowest BCUT2D eigenvalue weighted by Crippen LogP contribution is -2.49. The van der Waals surface area contributed by atoms with Gasteiger partial charge < -0.3 is 9.80 Å². The van der Waals surface area contributed by atoms with Crippen molar-refractivity contribution in [3.8, 4) is 0 Å². The monoisotopic (exact) mass is 378 g/mol. The second kappa shape index (κ2) is 6.61. The number of halogens is 3. The molecular weight excluding hydrogens is 357 g/mol.